The first-order valence-electron chi connectivity index (χ1n) is 8.31. The van der Waals surface area contributed by atoms with Crippen LogP contribution < -0.4 is 16.4 Å². The molecule has 1 aromatic carbocycles. The number of nitrogens with one attached hydrogen (secondary N) is 2. The van der Waals surface area contributed by atoms with Gasteiger partial charge in [-0.3, -0.25) is 0 Å². The molecule has 0 aliphatic heterocycles. The summed E-state index contributed by atoms with van der Waals surface area (Å²) < 4.78 is 5.48. The second-order valence-electron chi connectivity index (χ2n) is 5.67. The fourth-order valence-electron chi connectivity index (χ4n) is 2.75. The van der Waals surface area contributed by atoms with Crippen molar-refractivity contribution < 1.29 is 4.42 Å². The number of benzene rings is 1. The minimum absolute atomic E-state index is 0.686. The van der Waals surface area contributed by atoms with Crippen molar-refractivity contribution in [2.24, 2.45) is 5.73 Å². The number of unbranched alkanes of at least 4 members (excludes halogenated alkanes) is 1. The second-order valence-corrected chi connectivity index (χ2v) is 5.67. The van der Waals surface area contributed by atoms with Crippen molar-refractivity contribution in [1.82, 2.24) is 10.3 Å². The molecule has 0 bridgehead atoms. The Labute approximate surface area is 136 Å². The standard InChI is InChI=1S/C18H24N4O/c19-9-3-4-10-20-11-5-12-21-17-14-6-1-2-7-16(14)22-18-15(17)8-13-23-18/h1-2,6-8,13,20H,3-5,9-12,19H2,(H,21,22). The molecule has 0 fully saturated rings. The monoisotopic (exact) mass is 312 g/mol. The van der Waals surface area contributed by atoms with E-state index < -0.39 is 0 Å². The number of aromatic nitrogens is 1. The van der Waals surface area contributed by atoms with E-state index in [1.165, 1.54) is 0 Å². The molecule has 3 aromatic rings. The van der Waals surface area contributed by atoms with Crippen LogP contribution in [0.3, 0.4) is 0 Å². The number of anilines is 1. The maximum absolute atomic E-state index is 5.49. The van der Waals surface area contributed by atoms with Crippen molar-refractivity contribution in [3.63, 3.8) is 0 Å². The molecule has 0 saturated heterocycles. The van der Waals surface area contributed by atoms with E-state index in [4.69, 9.17) is 10.2 Å². The van der Waals surface area contributed by atoms with Gasteiger partial charge in [-0.2, -0.15) is 0 Å². The molecular weight excluding hydrogens is 288 g/mol. The summed E-state index contributed by atoms with van der Waals surface area (Å²) in [5, 5.41) is 9.19. The Morgan fingerprint density at radius 1 is 0.957 bits per heavy atom. The van der Waals surface area contributed by atoms with Crippen LogP contribution in [0.5, 0.6) is 0 Å². The third-order valence-corrected chi connectivity index (χ3v) is 3.95. The molecule has 0 aliphatic rings. The lowest BCUT2D eigenvalue weighted by molar-refractivity contribution is 0.604. The molecule has 0 saturated carbocycles. The van der Waals surface area contributed by atoms with Crippen molar-refractivity contribution in [2.45, 2.75) is 19.3 Å². The van der Waals surface area contributed by atoms with Crippen molar-refractivity contribution in [2.75, 3.05) is 31.5 Å². The zero-order valence-corrected chi connectivity index (χ0v) is 13.3. The fourth-order valence-corrected chi connectivity index (χ4v) is 2.75. The molecule has 0 spiro atoms. The molecule has 3 rings (SSSR count). The van der Waals surface area contributed by atoms with Gasteiger partial charge in [0, 0.05) is 11.9 Å². The lowest BCUT2D eigenvalue weighted by Crippen LogP contribution is -2.20. The maximum Gasteiger partial charge on any atom is 0.228 e. The largest absolute Gasteiger partial charge is 0.446 e. The lowest BCUT2D eigenvalue weighted by Gasteiger charge is -2.11. The SMILES string of the molecule is NCCCCNCCCNc1c2ccccc2nc2occc12. The molecule has 2 heterocycles. The van der Waals surface area contributed by atoms with E-state index in [0.717, 1.165) is 67.4 Å². The van der Waals surface area contributed by atoms with Gasteiger partial charge in [-0.05, 0) is 51.0 Å². The van der Waals surface area contributed by atoms with Gasteiger partial charge in [-0.15, -0.1) is 0 Å². The lowest BCUT2D eigenvalue weighted by atomic mass is 10.1. The molecule has 0 radical (unpaired) electrons. The van der Waals surface area contributed by atoms with E-state index in [0.29, 0.717) is 5.71 Å². The highest BCUT2D eigenvalue weighted by molar-refractivity contribution is 6.05. The van der Waals surface area contributed by atoms with E-state index in [1.54, 1.807) is 6.26 Å². The highest BCUT2D eigenvalue weighted by atomic mass is 16.3. The summed E-state index contributed by atoms with van der Waals surface area (Å²) in [5.41, 5.74) is 8.24. The summed E-state index contributed by atoms with van der Waals surface area (Å²) in [6.45, 7) is 3.74. The van der Waals surface area contributed by atoms with Gasteiger partial charge in [-0.1, -0.05) is 18.2 Å². The Morgan fingerprint density at radius 2 is 1.83 bits per heavy atom. The van der Waals surface area contributed by atoms with Crippen LogP contribution >= 0.6 is 0 Å². The van der Waals surface area contributed by atoms with Crippen LogP contribution in [-0.4, -0.2) is 31.2 Å². The molecule has 5 nitrogen and oxygen atoms in total. The first-order chi connectivity index (χ1) is 11.4. The van der Waals surface area contributed by atoms with Crippen LogP contribution in [0.25, 0.3) is 22.0 Å². The minimum atomic E-state index is 0.686. The van der Waals surface area contributed by atoms with Gasteiger partial charge >= 0.3 is 0 Å². The Balaban J connectivity index is 1.61. The predicted molar refractivity (Wildman–Crippen MR) is 95.8 cm³/mol. The summed E-state index contributed by atoms with van der Waals surface area (Å²) in [4.78, 5) is 4.56. The highest BCUT2D eigenvalue weighted by Gasteiger charge is 2.10. The first-order valence-corrected chi connectivity index (χ1v) is 8.31. The quantitative estimate of drug-likeness (QED) is 0.529. The third-order valence-electron chi connectivity index (χ3n) is 3.95. The summed E-state index contributed by atoms with van der Waals surface area (Å²) in [6, 6.07) is 10.1. The van der Waals surface area contributed by atoms with Crippen LogP contribution in [0, 0.1) is 0 Å². The number of nitrogens with zero attached hydrogens (tertiary/aromatic N) is 1. The molecule has 0 atom stereocenters. The van der Waals surface area contributed by atoms with Gasteiger partial charge in [0.15, 0.2) is 0 Å². The number of para-hydroxylation sites is 1. The van der Waals surface area contributed by atoms with Gasteiger partial charge in [0.1, 0.15) is 0 Å². The summed E-state index contributed by atoms with van der Waals surface area (Å²) >= 11 is 0. The number of furan rings is 1. The average Bonchev–Trinajstić information content (AvgIpc) is 3.04. The van der Waals surface area contributed by atoms with Gasteiger partial charge in [-0.25, -0.2) is 4.98 Å². The molecule has 0 aliphatic carbocycles. The van der Waals surface area contributed by atoms with Crippen molar-refractivity contribution in [3.8, 4) is 0 Å². The number of pyridine rings is 1. The number of fused-ring (bicyclic) bond motifs is 2. The van der Waals surface area contributed by atoms with Gasteiger partial charge in [0.2, 0.25) is 5.71 Å². The normalized spacial score (nSPS) is 11.3. The van der Waals surface area contributed by atoms with Crippen LogP contribution in [0.4, 0.5) is 5.69 Å². The van der Waals surface area contributed by atoms with Crippen LogP contribution in [0.1, 0.15) is 19.3 Å². The van der Waals surface area contributed by atoms with E-state index in [1.807, 2.05) is 24.3 Å². The van der Waals surface area contributed by atoms with Gasteiger partial charge < -0.3 is 20.8 Å². The minimum Gasteiger partial charge on any atom is -0.446 e. The number of hydrogen-bond acceptors (Lipinski definition) is 5. The Morgan fingerprint density at radius 3 is 2.74 bits per heavy atom. The smallest absolute Gasteiger partial charge is 0.228 e. The van der Waals surface area contributed by atoms with E-state index >= 15 is 0 Å². The zero-order chi connectivity index (χ0) is 15.9. The van der Waals surface area contributed by atoms with E-state index in [-0.39, 0.29) is 0 Å². The molecule has 4 N–H and O–H groups in total. The second kappa shape index (κ2) is 7.94. The topological polar surface area (TPSA) is 76.1 Å². The Kier molecular flexibility index (Phi) is 5.45. The average molecular weight is 312 g/mol. The van der Waals surface area contributed by atoms with Gasteiger partial charge in [0.25, 0.3) is 0 Å². The van der Waals surface area contributed by atoms with Crippen molar-refractivity contribution >= 4 is 27.7 Å². The summed E-state index contributed by atoms with van der Waals surface area (Å²) in [6.07, 6.45) is 5.00. The van der Waals surface area contributed by atoms with E-state index in [9.17, 15) is 0 Å². The van der Waals surface area contributed by atoms with Crippen LogP contribution in [0.2, 0.25) is 0 Å². The highest BCUT2D eigenvalue weighted by Crippen LogP contribution is 2.31. The van der Waals surface area contributed by atoms with Crippen molar-refractivity contribution in [1.29, 1.82) is 0 Å². The number of nitrogens with two attached hydrogens (primary N) is 1. The predicted octanol–water partition coefficient (Wildman–Crippen LogP) is 3.11. The first kappa shape index (κ1) is 15.8. The van der Waals surface area contributed by atoms with Crippen LogP contribution in [-0.2, 0) is 0 Å². The molecule has 0 unspecified atom stereocenters. The Bertz CT molecular complexity index is 753. The van der Waals surface area contributed by atoms with Crippen LogP contribution in [0.15, 0.2) is 41.0 Å². The number of rotatable bonds is 9. The summed E-state index contributed by atoms with van der Waals surface area (Å²) in [7, 11) is 0. The Hall–Kier alpha value is -2.11. The molecule has 122 valence electrons. The molecule has 2 aromatic heterocycles. The summed E-state index contributed by atoms with van der Waals surface area (Å²) in [5.74, 6) is 0. The van der Waals surface area contributed by atoms with Gasteiger partial charge in [0.05, 0.1) is 22.9 Å². The fraction of sp³-hybridized carbons (Fsp3) is 0.389. The maximum atomic E-state index is 5.49. The van der Waals surface area contributed by atoms with E-state index in [2.05, 4.69) is 21.7 Å². The number of hydrogen-bond donors (Lipinski definition) is 3. The zero-order valence-electron chi connectivity index (χ0n) is 13.3. The molecule has 5 heteroatoms. The molecule has 23 heavy (non-hydrogen) atoms. The van der Waals surface area contributed by atoms with Crippen molar-refractivity contribution in [3.05, 3.63) is 36.6 Å². The molecular formula is C18H24N4O. The third kappa shape index (κ3) is 3.81. The molecule has 0 amide bonds.